The maximum absolute atomic E-state index is 12.3. The fraction of sp³-hybridized carbons (Fsp3) is 0.538. The van der Waals surface area contributed by atoms with Gasteiger partial charge in [-0.05, 0) is 43.2 Å². The van der Waals surface area contributed by atoms with Crippen LogP contribution in [0.3, 0.4) is 0 Å². The molecule has 2 bridgehead atoms. The molecule has 2 saturated carbocycles. The van der Waals surface area contributed by atoms with Gasteiger partial charge in [-0.1, -0.05) is 6.42 Å². The van der Waals surface area contributed by atoms with E-state index in [9.17, 15) is 18.5 Å². The van der Waals surface area contributed by atoms with Crippen molar-refractivity contribution in [2.75, 3.05) is 0 Å². The topological polar surface area (TPSA) is 89.3 Å². The van der Waals surface area contributed by atoms with Gasteiger partial charge in [0.2, 0.25) is 10.0 Å². The molecule has 0 saturated heterocycles. The Labute approximate surface area is 117 Å². The fourth-order valence-electron chi connectivity index (χ4n) is 3.40. The van der Waals surface area contributed by atoms with Crippen LogP contribution in [0.4, 0.5) is 5.69 Å². The fourth-order valence-corrected chi connectivity index (χ4v) is 4.72. The standard InChI is InChI=1S/C13H16N2O4S/c16-15(17)11-3-5-12(6-4-11)20(18,19)14-13-8-9-1-2-10(13)7-9/h3-6,9-10,13-14H,1-2,7-8H2/t9-,10+,13-/m1/s1. The zero-order chi connectivity index (χ0) is 14.3. The summed E-state index contributed by atoms with van der Waals surface area (Å²) in [5, 5.41) is 10.6. The lowest BCUT2D eigenvalue weighted by molar-refractivity contribution is -0.384. The molecule has 108 valence electrons. The van der Waals surface area contributed by atoms with Crippen molar-refractivity contribution in [2.24, 2.45) is 11.8 Å². The van der Waals surface area contributed by atoms with Crippen molar-refractivity contribution >= 4 is 15.7 Å². The minimum atomic E-state index is -3.58. The molecular weight excluding hydrogens is 280 g/mol. The Kier molecular flexibility index (Phi) is 3.25. The van der Waals surface area contributed by atoms with Crippen LogP contribution in [0.1, 0.15) is 25.7 Å². The van der Waals surface area contributed by atoms with Crippen molar-refractivity contribution in [3.05, 3.63) is 34.4 Å². The van der Waals surface area contributed by atoms with Crippen LogP contribution in [0.5, 0.6) is 0 Å². The number of fused-ring (bicyclic) bond motifs is 2. The summed E-state index contributed by atoms with van der Waals surface area (Å²) >= 11 is 0. The molecule has 3 atom stereocenters. The van der Waals surface area contributed by atoms with Crippen molar-refractivity contribution in [3.63, 3.8) is 0 Å². The number of non-ortho nitro benzene ring substituents is 1. The molecule has 20 heavy (non-hydrogen) atoms. The van der Waals surface area contributed by atoms with Gasteiger partial charge in [-0.3, -0.25) is 10.1 Å². The van der Waals surface area contributed by atoms with Crippen LogP contribution in [-0.4, -0.2) is 19.4 Å². The molecule has 1 aromatic rings. The van der Waals surface area contributed by atoms with Crippen molar-refractivity contribution < 1.29 is 13.3 Å². The Bertz CT molecular complexity index is 626. The van der Waals surface area contributed by atoms with Crippen LogP contribution in [0.25, 0.3) is 0 Å². The Morgan fingerprint density at radius 2 is 1.85 bits per heavy atom. The molecule has 2 aliphatic carbocycles. The Balaban J connectivity index is 1.76. The highest BCUT2D eigenvalue weighted by atomic mass is 32.2. The first-order valence-electron chi connectivity index (χ1n) is 6.72. The number of hydrogen-bond acceptors (Lipinski definition) is 4. The molecule has 0 amide bonds. The molecule has 1 aromatic carbocycles. The van der Waals surface area contributed by atoms with Gasteiger partial charge in [0, 0.05) is 18.2 Å². The second-order valence-corrected chi connectivity index (χ2v) is 7.37. The van der Waals surface area contributed by atoms with E-state index >= 15 is 0 Å². The molecule has 0 aromatic heterocycles. The minimum absolute atomic E-state index is 0.0222. The quantitative estimate of drug-likeness (QED) is 0.680. The second kappa shape index (κ2) is 4.82. The highest BCUT2D eigenvalue weighted by molar-refractivity contribution is 7.89. The number of benzene rings is 1. The Hall–Kier alpha value is -1.47. The Morgan fingerprint density at radius 1 is 1.15 bits per heavy atom. The van der Waals surface area contributed by atoms with Crippen LogP contribution in [0.15, 0.2) is 29.2 Å². The van der Waals surface area contributed by atoms with Crippen LogP contribution in [-0.2, 0) is 10.0 Å². The Morgan fingerprint density at radius 3 is 2.35 bits per heavy atom. The lowest BCUT2D eigenvalue weighted by Crippen LogP contribution is -2.38. The number of rotatable bonds is 4. The zero-order valence-corrected chi connectivity index (χ0v) is 11.7. The highest BCUT2D eigenvalue weighted by Crippen LogP contribution is 2.44. The molecule has 2 aliphatic rings. The summed E-state index contributed by atoms with van der Waals surface area (Å²) < 4.78 is 27.3. The number of nitro benzene ring substituents is 1. The van der Waals surface area contributed by atoms with E-state index in [0.29, 0.717) is 11.8 Å². The number of hydrogen-bond donors (Lipinski definition) is 1. The molecule has 0 radical (unpaired) electrons. The van der Waals surface area contributed by atoms with E-state index in [-0.39, 0.29) is 16.6 Å². The van der Waals surface area contributed by atoms with Gasteiger partial charge in [0.1, 0.15) is 0 Å². The molecule has 3 rings (SSSR count). The van der Waals surface area contributed by atoms with Gasteiger partial charge in [-0.15, -0.1) is 0 Å². The predicted octanol–water partition coefficient (Wildman–Crippen LogP) is 2.06. The zero-order valence-electron chi connectivity index (χ0n) is 10.9. The third-order valence-corrected chi connectivity index (χ3v) is 5.91. The molecule has 0 aliphatic heterocycles. The van der Waals surface area contributed by atoms with Crippen molar-refractivity contribution in [2.45, 2.75) is 36.6 Å². The monoisotopic (exact) mass is 296 g/mol. The van der Waals surface area contributed by atoms with Gasteiger partial charge >= 0.3 is 0 Å². The van der Waals surface area contributed by atoms with Gasteiger partial charge in [0.25, 0.3) is 5.69 Å². The normalized spacial score (nSPS) is 28.7. The SMILES string of the molecule is O=[N+]([O-])c1ccc(S(=O)(=O)N[C@@H]2C[C@@H]3CC[C@H]2C3)cc1. The van der Waals surface area contributed by atoms with Crippen LogP contribution in [0.2, 0.25) is 0 Å². The molecule has 1 N–H and O–H groups in total. The first-order valence-corrected chi connectivity index (χ1v) is 8.21. The lowest BCUT2D eigenvalue weighted by Gasteiger charge is -2.22. The van der Waals surface area contributed by atoms with Gasteiger partial charge in [-0.25, -0.2) is 13.1 Å². The number of sulfonamides is 1. The van der Waals surface area contributed by atoms with Crippen LogP contribution in [0, 0.1) is 22.0 Å². The molecule has 2 fully saturated rings. The lowest BCUT2D eigenvalue weighted by atomic mass is 9.96. The first kappa shape index (κ1) is 13.5. The summed E-state index contributed by atoms with van der Waals surface area (Å²) in [7, 11) is -3.58. The molecular formula is C13H16N2O4S. The summed E-state index contributed by atoms with van der Waals surface area (Å²) in [4.78, 5) is 10.1. The summed E-state index contributed by atoms with van der Waals surface area (Å²) in [6, 6.07) is 5.03. The van der Waals surface area contributed by atoms with Crippen LogP contribution >= 0.6 is 0 Å². The van der Waals surface area contributed by atoms with Gasteiger partial charge in [0.05, 0.1) is 9.82 Å². The maximum atomic E-state index is 12.3. The first-order chi connectivity index (χ1) is 9.45. The highest BCUT2D eigenvalue weighted by Gasteiger charge is 2.41. The number of nitrogens with one attached hydrogen (secondary N) is 1. The molecule has 0 spiro atoms. The van der Waals surface area contributed by atoms with Gasteiger partial charge < -0.3 is 0 Å². The molecule has 0 heterocycles. The number of nitro groups is 1. The summed E-state index contributed by atoms with van der Waals surface area (Å²) in [6.07, 6.45) is 4.34. The molecule has 7 heteroatoms. The van der Waals surface area contributed by atoms with Gasteiger partial charge in [0.15, 0.2) is 0 Å². The van der Waals surface area contributed by atoms with E-state index in [1.54, 1.807) is 0 Å². The summed E-state index contributed by atoms with van der Waals surface area (Å²) in [6.45, 7) is 0. The second-order valence-electron chi connectivity index (χ2n) is 5.65. The van der Waals surface area contributed by atoms with E-state index in [2.05, 4.69) is 4.72 Å². The van der Waals surface area contributed by atoms with E-state index in [0.717, 1.165) is 19.3 Å². The third-order valence-electron chi connectivity index (χ3n) is 4.40. The third kappa shape index (κ3) is 2.43. The average molecular weight is 296 g/mol. The smallest absolute Gasteiger partial charge is 0.258 e. The summed E-state index contributed by atoms with van der Waals surface area (Å²) in [5.41, 5.74) is -0.108. The maximum Gasteiger partial charge on any atom is 0.269 e. The van der Waals surface area contributed by atoms with Crippen LogP contribution < -0.4 is 4.72 Å². The van der Waals surface area contributed by atoms with Crippen molar-refractivity contribution in [1.29, 1.82) is 0 Å². The average Bonchev–Trinajstić information content (AvgIpc) is 3.00. The van der Waals surface area contributed by atoms with Crippen molar-refractivity contribution in [1.82, 2.24) is 4.72 Å². The van der Waals surface area contributed by atoms with E-state index < -0.39 is 14.9 Å². The van der Waals surface area contributed by atoms with E-state index in [4.69, 9.17) is 0 Å². The van der Waals surface area contributed by atoms with Crippen molar-refractivity contribution in [3.8, 4) is 0 Å². The molecule has 6 nitrogen and oxygen atoms in total. The minimum Gasteiger partial charge on any atom is -0.258 e. The molecule has 0 unspecified atom stereocenters. The van der Waals surface area contributed by atoms with E-state index in [1.807, 2.05) is 0 Å². The number of nitrogens with zero attached hydrogens (tertiary/aromatic N) is 1. The van der Waals surface area contributed by atoms with E-state index in [1.165, 1.54) is 30.7 Å². The van der Waals surface area contributed by atoms with Gasteiger partial charge in [-0.2, -0.15) is 0 Å². The summed E-state index contributed by atoms with van der Waals surface area (Å²) in [5.74, 6) is 1.11. The largest absolute Gasteiger partial charge is 0.269 e. The predicted molar refractivity (Wildman–Crippen MR) is 72.7 cm³/mol.